The van der Waals surface area contributed by atoms with Crippen molar-refractivity contribution in [3.63, 3.8) is 0 Å². The first kappa shape index (κ1) is 17.3. The highest BCUT2D eigenvalue weighted by Gasteiger charge is 2.36. The third-order valence-electron chi connectivity index (χ3n) is 3.79. The first-order valence-corrected chi connectivity index (χ1v) is 8.19. The van der Waals surface area contributed by atoms with E-state index in [9.17, 15) is 9.59 Å². The molecule has 5 heteroatoms. The lowest BCUT2D eigenvalue weighted by atomic mass is 10.1. The monoisotopic (exact) mass is 318 g/mol. The van der Waals surface area contributed by atoms with Crippen molar-refractivity contribution in [2.75, 3.05) is 11.9 Å². The number of nitrogens with one attached hydrogen (secondary N) is 1. The van der Waals surface area contributed by atoms with Gasteiger partial charge in [0, 0.05) is 12.2 Å². The van der Waals surface area contributed by atoms with Crippen molar-refractivity contribution in [1.82, 2.24) is 4.90 Å². The number of hydrogen-bond acceptors (Lipinski definition) is 3. The molecule has 0 spiro atoms. The van der Waals surface area contributed by atoms with E-state index in [-0.39, 0.29) is 5.91 Å². The summed E-state index contributed by atoms with van der Waals surface area (Å²) in [6, 6.07) is 7.32. The quantitative estimate of drug-likeness (QED) is 0.926. The molecular weight excluding hydrogens is 292 g/mol. The molecule has 1 aliphatic rings. The van der Waals surface area contributed by atoms with Crippen molar-refractivity contribution >= 4 is 17.7 Å². The lowest BCUT2D eigenvalue weighted by Gasteiger charge is -2.28. The maximum atomic E-state index is 12.5. The molecule has 5 nitrogen and oxygen atoms in total. The standard InChI is InChI=1S/C18H26N2O3/c1-5-13-8-6-9-14(12-13)19-16(21)15-10-7-11-20(15)17(22)23-18(2,3)4/h6,8-9,12,15H,5,7,10-11H2,1-4H3,(H,19,21). The summed E-state index contributed by atoms with van der Waals surface area (Å²) in [6.45, 7) is 8.11. The highest BCUT2D eigenvalue weighted by molar-refractivity contribution is 5.96. The Morgan fingerprint density at radius 3 is 2.74 bits per heavy atom. The van der Waals surface area contributed by atoms with E-state index in [0.717, 1.165) is 18.5 Å². The summed E-state index contributed by atoms with van der Waals surface area (Å²) >= 11 is 0. The number of nitrogens with zero attached hydrogens (tertiary/aromatic N) is 1. The van der Waals surface area contributed by atoms with Gasteiger partial charge in [0.1, 0.15) is 11.6 Å². The zero-order chi connectivity index (χ0) is 17.0. The fourth-order valence-electron chi connectivity index (χ4n) is 2.67. The van der Waals surface area contributed by atoms with Crippen molar-refractivity contribution in [3.05, 3.63) is 29.8 Å². The van der Waals surface area contributed by atoms with Gasteiger partial charge in [0.15, 0.2) is 0 Å². The summed E-state index contributed by atoms with van der Waals surface area (Å²) in [5.41, 5.74) is 1.37. The van der Waals surface area contributed by atoms with Gasteiger partial charge in [-0.25, -0.2) is 4.79 Å². The van der Waals surface area contributed by atoms with Crippen LogP contribution in [0.2, 0.25) is 0 Å². The Balaban J connectivity index is 2.04. The predicted molar refractivity (Wildman–Crippen MR) is 90.4 cm³/mol. The van der Waals surface area contributed by atoms with Crippen molar-refractivity contribution in [2.45, 2.75) is 58.6 Å². The van der Waals surface area contributed by atoms with Crippen molar-refractivity contribution < 1.29 is 14.3 Å². The van der Waals surface area contributed by atoms with Crippen LogP contribution >= 0.6 is 0 Å². The second-order valence-corrected chi connectivity index (χ2v) is 6.87. The lowest BCUT2D eigenvalue weighted by Crippen LogP contribution is -2.45. The van der Waals surface area contributed by atoms with Crippen molar-refractivity contribution in [3.8, 4) is 0 Å². The number of carbonyl (C=O) groups is 2. The Morgan fingerprint density at radius 1 is 1.35 bits per heavy atom. The van der Waals surface area contributed by atoms with E-state index in [1.165, 1.54) is 10.5 Å². The second kappa shape index (κ2) is 7.02. The molecule has 126 valence electrons. The third-order valence-corrected chi connectivity index (χ3v) is 3.79. The van der Waals surface area contributed by atoms with E-state index in [1.54, 1.807) is 0 Å². The number of hydrogen-bond donors (Lipinski definition) is 1. The number of rotatable bonds is 3. The van der Waals surface area contributed by atoms with Gasteiger partial charge < -0.3 is 10.1 Å². The molecule has 2 amide bonds. The smallest absolute Gasteiger partial charge is 0.410 e. The average Bonchev–Trinajstić information content (AvgIpc) is 2.95. The Hall–Kier alpha value is -2.04. The molecule has 0 radical (unpaired) electrons. The van der Waals surface area contributed by atoms with E-state index in [4.69, 9.17) is 4.74 Å². The minimum absolute atomic E-state index is 0.151. The molecule has 1 saturated heterocycles. The molecule has 1 unspecified atom stereocenters. The van der Waals surface area contributed by atoms with Crippen LogP contribution < -0.4 is 5.32 Å². The number of ether oxygens (including phenoxy) is 1. The molecule has 23 heavy (non-hydrogen) atoms. The van der Waals surface area contributed by atoms with Crippen molar-refractivity contribution in [2.24, 2.45) is 0 Å². The van der Waals surface area contributed by atoms with Gasteiger partial charge in [-0.1, -0.05) is 19.1 Å². The van der Waals surface area contributed by atoms with Crippen LogP contribution in [0, 0.1) is 0 Å². The molecule has 1 atom stereocenters. The van der Waals surface area contributed by atoms with Gasteiger partial charge in [-0.05, 0) is 57.7 Å². The topological polar surface area (TPSA) is 58.6 Å². The van der Waals surface area contributed by atoms with Gasteiger partial charge >= 0.3 is 6.09 Å². The summed E-state index contributed by atoms with van der Waals surface area (Å²) in [5.74, 6) is -0.151. The Kier molecular flexibility index (Phi) is 5.29. The molecule has 0 saturated carbocycles. The van der Waals surface area contributed by atoms with E-state index in [2.05, 4.69) is 12.2 Å². The zero-order valence-corrected chi connectivity index (χ0v) is 14.4. The lowest BCUT2D eigenvalue weighted by molar-refractivity contribution is -0.120. The molecule has 1 aliphatic heterocycles. The van der Waals surface area contributed by atoms with E-state index >= 15 is 0 Å². The molecule has 2 rings (SSSR count). The van der Waals surface area contributed by atoms with Crippen LogP contribution in [0.4, 0.5) is 10.5 Å². The summed E-state index contributed by atoms with van der Waals surface area (Å²) in [7, 11) is 0. The van der Waals surface area contributed by atoms with E-state index in [0.29, 0.717) is 13.0 Å². The summed E-state index contributed by atoms with van der Waals surface area (Å²) < 4.78 is 5.40. The van der Waals surface area contributed by atoms with Gasteiger partial charge in [0.25, 0.3) is 0 Å². The summed E-state index contributed by atoms with van der Waals surface area (Å²) in [5, 5.41) is 2.92. The predicted octanol–water partition coefficient (Wildman–Crippen LogP) is 3.59. The molecule has 1 aromatic carbocycles. The van der Waals surface area contributed by atoms with Crippen LogP contribution in [0.3, 0.4) is 0 Å². The number of aryl methyl sites for hydroxylation is 1. The van der Waals surface area contributed by atoms with Crippen LogP contribution in [-0.4, -0.2) is 35.1 Å². The Morgan fingerprint density at radius 2 is 2.09 bits per heavy atom. The molecule has 0 aliphatic carbocycles. The zero-order valence-electron chi connectivity index (χ0n) is 14.4. The van der Waals surface area contributed by atoms with Crippen LogP contribution in [0.25, 0.3) is 0 Å². The highest BCUT2D eigenvalue weighted by Crippen LogP contribution is 2.22. The maximum absolute atomic E-state index is 12.5. The first-order valence-electron chi connectivity index (χ1n) is 8.19. The molecule has 0 aromatic heterocycles. The van der Waals surface area contributed by atoms with Gasteiger partial charge in [0.05, 0.1) is 0 Å². The maximum Gasteiger partial charge on any atom is 0.410 e. The second-order valence-electron chi connectivity index (χ2n) is 6.87. The summed E-state index contributed by atoms with van der Waals surface area (Å²) in [6.07, 6.45) is 1.97. The van der Waals surface area contributed by atoms with Crippen LogP contribution in [0.15, 0.2) is 24.3 Å². The molecular formula is C18H26N2O3. The molecule has 1 aromatic rings. The fourth-order valence-corrected chi connectivity index (χ4v) is 2.67. The van der Waals surface area contributed by atoms with Crippen LogP contribution in [-0.2, 0) is 16.0 Å². The number of amides is 2. The highest BCUT2D eigenvalue weighted by atomic mass is 16.6. The Bertz CT molecular complexity index is 578. The van der Waals surface area contributed by atoms with Gasteiger partial charge in [-0.15, -0.1) is 0 Å². The largest absolute Gasteiger partial charge is 0.444 e. The Labute approximate surface area is 138 Å². The summed E-state index contributed by atoms with van der Waals surface area (Å²) in [4.78, 5) is 26.3. The number of benzene rings is 1. The van der Waals surface area contributed by atoms with E-state index in [1.807, 2.05) is 45.0 Å². The van der Waals surface area contributed by atoms with E-state index < -0.39 is 17.7 Å². The molecule has 1 heterocycles. The first-order chi connectivity index (χ1) is 10.8. The van der Waals surface area contributed by atoms with Crippen LogP contribution in [0.5, 0.6) is 0 Å². The number of likely N-dealkylation sites (tertiary alicyclic amines) is 1. The van der Waals surface area contributed by atoms with Gasteiger partial charge in [-0.2, -0.15) is 0 Å². The number of anilines is 1. The van der Waals surface area contributed by atoms with Crippen molar-refractivity contribution in [1.29, 1.82) is 0 Å². The SMILES string of the molecule is CCc1cccc(NC(=O)C2CCCN2C(=O)OC(C)(C)C)c1. The minimum Gasteiger partial charge on any atom is -0.444 e. The normalized spacial score (nSPS) is 17.9. The molecule has 0 bridgehead atoms. The minimum atomic E-state index is -0.559. The fraction of sp³-hybridized carbons (Fsp3) is 0.556. The van der Waals surface area contributed by atoms with Gasteiger partial charge in [-0.3, -0.25) is 9.69 Å². The molecule has 1 N–H and O–H groups in total. The van der Waals surface area contributed by atoms with Crippen LogP contribution in [0.1, 0.15) is 46.1 Å². The third kappa shape index (κ3) is 4.71. The number of carbonyl (C=O) groups excluding carboxylic acids is 2. The van der Waals surface area contributed by atoms with Gasteiger partial charge in [0.2, 0.25) is 5.91 Å². The average molecular weight is 318 g/mol. The molecule has 1 fully saturated rings.